The van der Waals surface area contributed by atoms with Crippen LogP contribution in [0.15, 0.2) is 29.5 Å². The average molecular weight is 352 g/mol. The molecule has 0 aromatic carbocycles. The summed E-state index contributed by atoms with van der Waals surface area (Å²) in [6.07, 6.45) is 5.09. The molecule has 0 atom stereocenters. The molecule has 26 heavy (non-hydrogen) atoms. The van der Waals surface area contributed by atoms with Crippen LogP contribution in [0.5, 0.6) is 0 Å². The number of hydrogen-bond acceptors (Lipinski definition) is 6. The van der Waals surface area contributed by atoms with Crippen LogP contribution in [-0.4, -0.2) is 32.8 Å². The van der Waals surface area contributed by atoms with E-state index in [2.05, 4.69) is 46.9 Å². The molecule has 3 heterocycles. The molecule has 0 bridgehead atoms. The fourth-order valence-electron chi connectivity index (χ4n) is 3.22. The summed E-state index contributed by atoms with van der Waals surface area (Å²) >= 11 is 0. The van der Waals surface area contributed by atoms with Crippen LogP contribution in [0.25, 0.3) is 0 Å². The van der Waals surface area contributed by atoms with Gasteiger partial charge in [-0.1, -0.05) is 20.8 Å². The molecule has 0 amide bonds. The lowest BCUT2D eigenvalue weighted by molar-refractivity contribution is 0.348. The van der Waals surface area contributed by atoms with Crippen molar-refractivity contribution in [3.63, 3.8) is 0 Å². The molecular formula is C19H24N6O. The van der Waals surface area contributed by atoms with Gasteiger partial charge in [0.25, 0.3) is 5.56 Å². The minimum Gasteiger partial charge on any atom is -0.354 e. The van der Waals surface area contributed by atoms with Gasteiger partial charge in [0.15, 0.2) is 5.82 Å². The van der Waals surface area contributed by atoms with Gasteiger partial charge >= 0.3 is 0 Å². The number of aromatic nitrogens is 4. The van der Waals surface area contributed by atoms with Crippen molar-refractivity contribution in [2.24, 2.45) is 5.92 Å². The van der Waals surface area contributed by atoms with E-state index in [1.165, 1.54) is 6.20 Å². The van der Waals surface area contributed by atoms with Crippen molar-refractivity contribution in [3.05, 3.63) is 46.3 Å². The van der Waals surface area contributed by atoms with E-state index in [4.69, 9.17) is 0 Å². The van der Waals surface area contributed by atoms with Crippen molar-refractivity contribution in [2.45, 2.75) is 45.6 Å². The summed E-state index contributed by atoms with van der Waals surface area (Å²) in [7, 11) is 0. The van der Waals surface area contributed by atoms with Crippen LogP contribution in [-0.2, 0) is 12.0 Å². The van der Waals surface area contributed by atoms with Crippen LogP contribution in [0.2, 0.25) is 0 Å². The van der Waals surface area contributed by atoms with Crippen molar-refractivity contribution in [1.29, 1.82) is 5.26 Å². The molecule has 2 aromatic heterocycles. The van der Waals surface area contributed by atoms with Crippen molar-refractivity contribution >= 4 is 5.82 Å². The topological polar surface area (TPSA) is 87.7 Å². The maximum Gasteiger partial charge on any atom is 0.253 e. The second-order valence-electron chi connectivity index (χ2n) is 7.83. The van der Waals surface area contributed by atoms with Crippen LogP contribution in [0.4, 0.5) is 5.82 Å². The number of piperidine rings is 1. The fourth-order valence-corrected chi connectivity index (χ4v) is 3.22. The van der Waals surface area contributed by atoms with E-state index in [1.54, 1.807) is 23.0 Å². The van der Waals surface area contributed by atoms with E-state index in [1.807, 2.05) is 0 Å². The number of nitriles is 1. The molecular weight excluding hydrogens is 328 g/mol. The van der Waals surface area contributed by atoms with Crippen LogP contribution < -0.4 is 10.5 Å². The molecule has 0 unspecified atom stereocenters. The summed E-state index contributed by atoms with van der Waals surface area (Å²) in [5.41, 5.74) is 1.25. The summed E-state index contributed by atoms with van der Waals surface area (Å²) in [6.45, 7) is 8.45. The van der Waals surface area contributed by atoms with Crippen molar-refractivity contribution in [1.82, 2.24) is 19.7 Å². The Balaban J connectivity index is 1.65. The van der Waals surface area contributed by atoms with Gasteiger partial charge < -0.3 is 4.90 Å². The lowest BCUT2D eigenvalue weighted by atomic mass is 9.92. The molecule has 0 radical (unpaired) electrons. The first kappa shape index (κ1) is 18.1. The van der Waals surface area contributed by atoms with E-state index in [0.717, 1.165) is 31.6 Å². The van der Waals surface area contributed by atoms with E-state index >= 15 is 0 Å². The highest BCUT2D eigenvalue weighted by Crippen LogP contribution is 2.24. The predicted octanol–water partition coefficient (Wildman–Crippen LogP) is 2.12. The molecule has 0 spiro atoms. The first-order valence-electron chi connectivity index (χ1n) is 8.92. The van der Waals surface area contributed by atoms with Gasteiger partial charge in [-0.05, 0) is 24.8 Å². The Morgan fingerprint density at radius 1 is 1.31 bits per heavy atom. The Morgan fingerprint density at radius 2 is 2.04 bits per heavy atom. The normalized spacial score (nSPS) is 15.7. The quantitative estimate of drug-likeness (QED) is 0.841. The van der Waals surface area contributed by atoms with Crippen molar-refractivity contribution in [3.8, 4) is 6.07 Å². The minimum atomic E-state index is -0.126. The van der Waals surface area contributed by atoms with Gasteiger partial charge in [0.05, 0.1) is 23.8 Å². The predicted molar refractivity (Wildman–Crippen MR) is 98.9 cm³/mol. The van der Waals surface area contributed by atoms with Gasteiger partial charge in [0, 0.05) is 31.1 Å². The number of rotatable bonds is 3. The second kappa shape index (κ2) is 7.24. The summed E-state index contributed by atoms with van der Waals surface area (Å²) in [4.78, 5) is 19.0. The number of nitrogens with zero attached hydrogens (tertiary/aromatic N) is 6. The van der Waals surface area contributed by atoms with Crippen LogP contribution in [0.3, 0.4) is 0 Å². The monoisotopic (exact) mass is 352 g/mol. The highest BCUT2D eigenvalue weighted by molar-refractivity contribution is 5.52. The van der Waals surface area contributed by atoms with Gasteiger partial charge in [-0.2, -0.15) is 10.4 Å². The van der Waals surface area contributed by atoms with E-state index in [0.29, 0.717) is 23.8 Å². The Kier molecular flexibility index (Phi) is 5.03. The third-order valence-electron chi connectivity index (χ3n) is 4.84. The van der Waals surface area contributed by atoms with E-state index in [-0.39, 0.29) is 11.0 Å². The highest BCUT2D eigenvalue weighted by Gasteiger charge is 2.23. The summed E-state index contributed by atoms with van der Waals surface area (Å²) in [5.74, 6) is 1.07. The first-order valence-corrected chi connectivity index (χ1v) is 8.92. The summed E-state index contributed by atoms with van der Waals surface area (Å²) < 4.78 is 1.71. The van der Waals surface area contributed by atoms with Gasteiger partial charge in [0.2, 0.25) is 0 Å². The number of anilines is 1. The van der Waals surface area contributed by atoms with Gasteiger partial charge in [-0.3, -0.25) is 9.36 Å². The molecule has 1 aliphatic heterocycles. The van der Waals surface area contributed by atoms with Crippen LogP contribution in [0, 0.1) is 17.2 Å². The van der Waals surface area contributed by atoms with Crippen molar-refractivity contribution in [2.75, 3.05) is 18.0 Å². The Morgan fingerprint density at radius 3 is 2.65 bits per heavy atom. The van der Waals surface area contributed by atoms with E-state index < -0.39 is 0 Å². The molecule has 7 nitrogen and oxygen atoms in total. The van der Waals surface area contributed by atoms with Crippen LogP contribution >= 0.6 is 0 Å². The third kappa shape index (κ3) is 3.90. The molecule has 3 rings (SSSR count). The zero-order chi connectivity index (χ0) is 18.7. The van der Waals surface area contributed by atoms with Crippen LogP contribution in [0.1, 0.15) is 44.9 Å². The molecule has 7 heteroatoms. The maximum atomic E-state index is 12.4. The molecule has 0 saturated carbocycles. The molecule has 2 aromatic rings. The first-order chi connectivity index (χ1) is 12.4. The molecule has 1 aliphatic rings. The van der Waals surface area contributed by atoms with Gasteiger partial charge in [-0.25, -0.2) is 4.98 Å². The van der Waals surface area contributed by atoms with Gasteiger partial charge in [-0.15, -0.1) is 5.10 Å². The summed E-state index contributed by atoms with van der Waals surface area (Å²) in [6, 6.07) is 5.51. The minimum absolute atomic E-state index is 0.00745. The highest BCUT2D eigenvalue weighted by atomic mass is 16.1. The Hall–Kier alpha value is -2.75. The van der Waals surface area contributed by atoms with Crippen molar-refractivity contribution < 1.29 is 0 Å². The second-order valence-corrected chi connectivity index (χ2v) is 7.83. The molecule has 136 valence electrons. The van der Waals surface area contributed by atoms with Gasteiger partial charge in [0.1, 0.15) is 6.07 Å². The maximum absolute atomic E-state index is 12.4. The average Bonchev–Trinajstić information content (AvgIpc) is 2.63. The molecule has 1 fully saturated rings. The Bertz CT molecular complexity index is 869. The fraction of sp³-hybridized carbons (Fsp3) is 0.526. The zero-order valence-corrected chi connectivity index (χ0v) is 15.5. The Labute approximate surface area is 153 Å². The molecule has 0 N–H and O–H groups in total. The lowest BCUT2D eigenvalue weighted by Gasteiger charge is -2.33. The zero-order valence-electron chi connectivity index (χ0n) is 15.5. The largest absolute Gasteiger partial charge is 0.354 e. The third-order valence-corrected chi connectivity index (χ3v) is 4.84. The number of hydrogen-bond donors (Lipinski definition) is 0. The van der Waals surface area contributed by atoms with E-state index in [9.17, 15) is 10.1 Å². The molecule has 0 aliphatic carbocycles. The SMILES string of the molecule is CC(C)(C)c1cc(=O)n(CC2CCN(c3nnccc3C#N)CC2)cn1. The smallest absolute Gasteiger partial charge is 0.253 e. The standard InChI is InChI=1S/C19H24N6O/c1-19(2,3)16-10-17(26)25(13-21-16)12-14-5-8-24(9-6-14)18-15(11-20)4-7-22-23-18/h4,7,10,13-14H,5-6,8-9,12H2,1-3H3. The lowest BCUT2D eigenvalue weighted by Crippen LogP contribution is -2.37. The summed E-state index contributed by atoms with van der Waals surface area (Å²) in [5, 5.41) is 17.2. The molecule has 1 saturated heterocycles.